The number of halogens is 1. The molecule has 5 rings (SSSR count). The Morgan fingerprint density at radius 2 is 1.86 bits per heavy atom. The van der Waals surface area contributed by atoms with Crippen molar-refractivity contribution in [3.05, 3.63) is 89.0 Å². The second kappa shape index (κ2) is 11.0. The Bertz CT molecular complexity index is 1230. The first-order valence-electron chi connectivity index (χ1n) is 13.2. The van der Waals surface area contributed by atoms with Gasteiger partial charge in [0.05, 0.1) is 5.69 Å². The monoisotopic (exact) mass is 483 g/mol. The Labute approximate surface area is 213 Å². The number of amides is 1. The van der Waals surface area contributed by atoms with Gasteiger partial charge >= 0.3 is 0 Å². The van der Waals surface area contributed by atoms with Crippen molar-refractivity contribution < 1.29 is 9.18 Å². The fourth-order valence-electron chi connectivity index (χ4n) is 5.69. The number of rotatable bonds is 6. The van der Waals surface area contributed by atoms with Gasteiger partial charge in [-0.25, -0.2) is 4.39 Å². The third kappa shape index (κ3) is 5.82. The summed E-state index contributed by atoms with van der Waals surface area (Å²) in [6.45, 7) is 2.70. The molecule has 2 aromatic carbocycles. The van der Waals surface area contributed by atoms with E-state index in [1.807, 2.05) is 24.5 Å². The molecule has 2 N–H and O–H groups in total. The number of hydrogen-bond donors (Lipinski definition) is 2. The number of aromatic amines is 1. The second-order valence-electron chi connectivity index (χ2n) is 10.3. The summed E-state index contributed by atoms with van der Waals surface area (Å²) in [5.41, 5.74) is 4.99. The van der Waals surface area contributed by atoms with Gasteiger partial charge in [0.1, 0.15) is 5.82 Å². The molecule has 0 bridgehead atoms. The Hall–Kier alpha value is -3.52. The zero-order valence-corrected chi connectivity index (χ0v) is 20.8. The molecular weight excluding hydrogens is 449 g/mol. The van der Waals surface area contributed by atoms with Crippen LogP contribution in [-0.4, -0.2) is 30.5 Å². The highest BCUT2D eigenvalue weighted by Gasteiger charge is 2.39. The van der Waals surface area contributed by atoms with Gasteiger partial charge in [0.25, 0.3) is 5.91 Å². The molecule has 1 aliphatic heterocycles. The predicted octanol–water partition coefficient (Wildman–Crippen LogP) is 6.08. The number of carbonyl (C=O) groups excluding carboxylic acids is 1. The Kier molecular flexibility index (Phi) is 7.41. The van der Waals surface area contributed by atoms with Crippen molar-refractivity contribution in [3.8, 4) is 11.8 Å². The maximum atomic E-state index is 13.3. The molecule has 0 unspecified atom stereocenters. The highest BCUT2D eigenvalue weighted by molar-refractivity contribution is 5.95. The predicted molar refractivity (Wildman–Crippen MR) is 143 cm³/mol. The second-order valence-corrected chi connectivity index (χ2v) is 10.3. The standard InChI is InChI=1S/C31H34FN3O/c32-28-11-7-24(8-12-28)6-9-26-21-27(30(36)34-18-4-5-25-14-19-33-22-25)10-13-29(26)35-20-17-31(23-35)15-2-1-3-16-31/h7-8,10-14,19,21-22,33H,1-5,15-18,20,23H2,(H,34,36). The average molecular weight is 484 g/mol. The van der Waals surface area contributed by atoms with Crippen LogP contribution in [0.25, 0.3) is 0 Å². The summed E-state index contributed by atoms with van der Waals surface area (Å²) >= 11 is 0. The normalized spacial score (nSPS) is 16.5. The number of benzene rings is 2. The van der Waals surface area contributed by atoms with Gasteiger partial charge in [-0.2, -0.15) is 0 Å². The lowest BCUT2D eigenvalue weighted by atomic mass is 9.73. The Morgan fingerprint density at radius 1 is 1.03 bits per heavy atom. The van der Waals surface area contributed by atoms with Crippen LogP contribution in [-0.2, 0) is 6.42 Å². The molecule has 1 saturated heterocycles. The lowest BCUT2D eigenvalue weighted by Gasteiger charge is -2.33. The molecule has 0 radical (unpaired) electrons. The fraction of sp³-hybridized carbons (Fsp3) is 0.387. The van der Waals surface area contributed by atoms with Gasteiger partial charge < -0.3 is 15.2 Å². The van der Waals surface area contributed by atoms with Gasteiger partial charge in [-0.1, -0.05) is 31.1 Å². The van der Waals surface area contributed by atoms with E-state index in [-0.39, 0.29) is 11.7 Å². The van der Waals surface area contributed by atoms with Crippen LogP contribution in [0.1, 0.15) is 72.0 Å². The fourth-order valence-corrected chi connectivity index (χ4v) is 5.69. The third-order valence-electron chi connectivity index (χ3n) is 7.73. The quantitative estimate of drug-likeness (QED) is 0.330. The van der Waals surface area contributed by atoms with Crippen molar-refractivity contribution >= 4 is 11.6 Å². The molecule has 1 aliphatic carbocycles. The molecule has 3 aromatic rings. The summed E-state index contributed by atoms with van der Waals surface area (Å²) in [7, 11) is 0. The molecule has 5 heteroatoms. The number of anilines is 1. The zero-order valence-electron chi connectivity index (χ0n) is 20.8. The van der Waals surface area contributed by atoms with Gasteiger partial charge in [0.2, 0.25) is 0 Å². The first kappa shape index (κ1) is 24.2. The maximum Gasteiger partial charge on any atom is 0.251 e. The number of aromatic nitrogens is 1. The van der Waals surface area contributed by atoms with Crippen molar-refractivity contribution in [2.24, 2.45) is 5.41 Å². The lowest BCUT2D eigenvalue weighted by molar-refractivity contribution is 0.0953. The molecule has 2 fully saturated rings. The molecule has 2 aliphatic rings. The third-order valence-corrected chi connectivity index (χ3v) is 7.73. The largest absolute Gasteiger partial charge is 0.370 e. The number of H-pyrrole nitrogens is 1. The molecule has 4 nitrogen and oxygen atoms in total. The number of nitrogens with one attached hydrogen (secondary N) is 2. The first-order valence-corrected chi connectivity index (χ1v) is 13.2. The van der Waals surface area contributed by atoms with Crippen molar-refractivity contribution in [1.82, 2.24) is 10.3 Å². The average Bonchev–Trinajstić information content (AvgIpc) is 3.57. The van der Waals surface area contributed by atoms with Gasteiger partial charge in [-0.05, 0) is 91.6 Å². The lowest BCUT2D eigenvalue weighted by Crippen LogP contribution is -2.29. The van der Waals surface area contributed by atoms with E-state index in [9.17, 15) is 9.18 Å². The van der Waals surface area contributed by atoms with E-state index in [1.165, 1.54) is 56.2 Å². The summed E-state index contributed by atoms with van der Waals surface area (Å²) in [6.07, 6.45) is 13.6. The van der Waals surface area contributed by atoms with Crippen LogP contribution in [0.15, 0.2) is 60.9 Å². The highest BCUT2D eigenvalue weighted by atomic mass is 19.1. The smallest absolute Gasteiger partial charge is 0.251 e. The van der Waals surface area contributed by atoms with Crippen LogP contribution in [0.5, 0.6) is 0 Å². The van der Waals surface area contributed by atoms with E-state index < -0.39 is 0 Å². The summed E-state index contributed by atoms with van der Waals surface area (Å²) in [5, 5.41) is 3.05. The number of aryl methyl sites for hydroxylation is 1. The summed E-state index contributed by atoms with van der Waals surface area (Å²) < 4.78 is 13.3. The molecule has 1 saturated carbocycles. The van der Waals surface area contributed by atoms with Crippen molar-refractivity contribution in [2.75, 3.05) is 24.5 Å². The summed E-state index contributed by atoms with van der Waals surface area (Å²) in [4.78, 5) is 18.4. The van der Waals surface area contributed by atoms with Gasteiger partial charge in [0, 0.05) is 48.7 Å². The molecule has 1 amide bonds. The summed E-state index contributed by atoms with van der Waals surface area (Å²) in [6, 6.07) is 14.2. The van der Waals surface area contributed by atoms with E-state index in [0.29, 0.717) is 17.5 Å². The molecule has 2 heterocycles. The Morgan fingerprint density at radius 3 is 2.64 bits per heavy atom. The highest BCUT2D eigenvalue weighted by Crippen LogP contribution is 2.45. The number of hydrogen-bond acceptors (Lipinski definition) is 2. The molecule has 0 atom stereocenters. The minimum atomic E-state index is -0.272. The SMILES string of the molecule is O=C(NCCCc1cc[nH]c1)c1ccc(N2CCC3(CCCCC3)C2)c(C#Cc2ccc(F)cc2)c1. The van der Waals surface area contributed by atoms with Crippen molar-refractivity contribution in [1.29, 1.82) is 0 Å². The minimum absolute atomic E-state index is 0.0781. The van der Waals surface area contributed by atoms with Crippen LogP contribution in [0.4, 0.5) is 10.1 Å². The van der Waals surface area contributed by atoms with E-state index in [4.69, 9.17) is 0 Å². The van der Waals surface area contributed by atoms with Crippen LogP contribution < -0.4 is 10.2 Å². The van der Waals surface area contributed by atoms with Crippen molar-refractivity contribution in [3.63, 3.8) is 0 Å². The van der Waals surface area contributed by atoms with E-state index in [0.717, 1.165) is 42.7 Å². The van der Waals surface area contributed by atoms with Crippen LogP contribution >= 0.6 is 0 Å². The van der Waals surface area contributed by atoms with E-state index in [1.54, 1.807) is 12.1 Å². The number of nitrogens with zero attached hydrogens (tertiary/aromatic N) is 1. The van der Waals surface area contributed by atoms with Crippen LogP contribution in [0.3, 0.4) is 0 Å². The Balaban J connectivity index is 1.34. The number of carbonyl (C=O) groups is 1. The molecule has 186 valence electrons. The summed E-state index contributed by atoms with van der Waals surface area (Å²) in [5.74, 6) is 6.13. The van der Waals surface area contributed by atoms with E-state index in [2.05, 4.69) is 39.2 Å². The maximum absolute atomic E-state index is 13.3. The van der Waals surface area contributed by atoms with Crippen molar-refractivity contribution in [2.45, 2.75) is 51.4 Å². The minimum Gasteiger partial charge on any atom is -0.370 e. The van der Waals surface area contributed by atoms with Gasteiger partial charge in [-0.3, -0.25) is 4.79 Å². The molecular formula is C31H34FN3O. The van der Waals surface area contributed by atoms with Gasteiger partial charge in [0.15, 0.2) is 0 Å². The topological polar surface area (TPSA) is 48.1 Å². The van der Waals surface area contributed by atoms with Crippen LogP contribution in [0.2, 0.25) is 0 Å². The van der Waals surface area contributed by atoms with Crippen LogP contribution in [0, 0.1) is 23.1 Å². The zero-order chi connectivity index (χ0) is 24.8. The van der Waals surface area contributed by atoms with Gasteiger partial charge in [-0.15, -0.1) is 0 Å². The first-order chi connectivity index (χ1) is 17.6. The molecule has 1 spiro atoms. The van der Waals surface area contributed by atoms with E-state index >= 15 is 0 Å². The molecule has 36 heavy (non-hydrogen) atoms. The molecule has 1 aromatic heterocycles.